The van der Waals surface area contributed by atoms with Crippen LogP contribution in [0.4, 0.5) is 4.79 Å². The van der Waals surface area contributed by atoms with Gasteiger partial charge in [0.15, 0.2) is 0 Å². The fourth-order valence-corrected chi connectivity index (χ4v) is 3.59. The number of hydrogen-bond acceptors (Lipinski definition) is 3. The highest BCUT2D eigenvalue weighted by Gasteiger charge is 2.34. The molecule has 0 unspecified atom stereocenters. The first-order chi connectivity index (χ1) is 12.1. The number of hydrogen-bond donors (Lipinski definition) is 1. The quantitative estimate of drug-likeness (QED) is 0.808. The van der Waals surface area contributed by atoms with Crippen LogP contribution < -0.4 is 10.1 Å². The third kappa shape index (κ3) is 4.75. The van der Waals surface area contributed by atoms with E-state index in [0.717, 1.165) is 43.8 Å². The SMILES string of the molecule is CN(C)CCOc1ccccc1CNC(=O)N1C[C@H]2CC=CC[C@@H]2C1. The van der Waals surface area contributed by atoms with Crippen molar-refractivity contribution in [1.82, 2.24) is 15.1 Å². The molecule has 136 valence electrons. The molecule has 1 fully saturated rings. The zero-order valence-corrected chi connectivity index (χ0v) is 15.3. The highest BCUT2D eigenvalue weighted by Crippen LogP contribution is 2.32. The van der Waals surface area contributed by atoms with Crippen molar-refractivity contribution in [2.45, 2.75) is 19.4 Å². The Bertz CT molecular complexity index is 599. The molecular weight excluding hydrogens is 314 g/mol. The minimum absolute atomic E-state index is 0.0393. The largest absolute Gasteiger partial charge is 0.492 e. The number of allylic oxidation sites excluding steroid dienone is 2. The number of para-hydroxylation sites is 1. The molecule has 2 aliphatic rings. The van der Waals surface area contributed by atoms with Gasteiger partial charge >= 0.3 is 6.03 Å². The summed E-state index contributed by atoms with van der Waals surface area (Å²) in [5.41, 5.74) is 1.02. The van der Waals surface area contributed by atoms with Gasteiger partial charge in [-0.1, -0.05) is 30.4 Å². The van der Waals surface area contributed by atoms with Crippen LogP contribution in [-0.4, -0.2) is 56.2 Å². The van der Waals surface area contributed by atoms with E-state index in [2.05, 4.69) is 22.4 Å². The van der Waals surface area contributed by atoms with E-state index >= 15 is 0 Å². The van der Waals surface area contributed by atoms with Crippen LogP contribution in [0.3, 0.4) is 0 Å². The van der Waals surface area contributed by atoms with Gasteiger partial charge in [0.05, 0.1) is 0 Å². The van der Waals surface area contributed by atoms with E-state index < -0.39 is 0 Å². The summed E-state index contributed by atoms with van der Waals surface area (Å²) in [6, 6.07) is 7.97. The summed E-state index contributed by atoms with van der Waals surface area (Å²) in [5, 5.41) is 3.07. The van der Waals surface area contributed by atoms with Gasteiger partial charge in [0.25, 0.3) is 0 Å². The van der Waals surface area contributed by atoms with Crippen molar-refractivity contribution < 1.29 is 9.53 Å². The second kappa shape index (κ2) is 8.39. The van der Waals surface area contributed by atoms with Gasteiger partial charge < -0.3 is 19.9 Å². The molecule has 5 nitrogen and oxygen atoms in total. The lowest BCUT2D eigenvalue weighted by molar-refractivity contribution is 0.205. The average molecular weight is 343 g/mol. The molecule has 1 aromatic carbocycles. The molecule has 0 aromatic heterocycles. The second-order valence-corrected chi connectivity index (χ2v) is 7.29. The maximum Gasteiger partial charge on any atom is 0.317 e. The predicted octanol–water partition coefficient (Wildman–Crippen LogP) is 2.73. The van der Waals surface area contributed by atoms with Gasteiger partial charge in [-0.3, -0.25) is 0 Å². The minimum Gasteiger partial charge on any atom is -0.492 e. The standard InChI is InChI=1S/C20H29N3O2/c1-22(2)11-12-25-19-10-6-5-7-16(19)13-21-20(24)23-14-17-8-3-4-9-18(17)15-23/h3-7,10,17-18H,8-9,11-15H2,1-2H3,(H,21,24)/t17-,18-/m1/s1. The van der Waals surface area contributed by atoms with Crippen LogP contribution in [0.15, 0.2) is 36.4 Å². The molecule has 1 N–H and O–H groups in total. The lowest BCUT2D eigenvalue weighted by Gasteiger charge is -2.18. The number of nitrogens with one attached hydrogen (secondary N) is 1. The predicted molar refractivity (Wildman–Crippen MR) is 99.7 cm³/mol. The van der Waals surface area contributed by atoms with Gasteiger partial charge in [-0.05, 0) is 44.8 Å². The molecule has 3 rings (SSSR count). The molecule has 0 spiro atoms. The molecule has 0 saturated carbocycles. The number of carbonyl (C=O) groups is 1. The Labute approximate surface area is 150 Å². The Morgan fingerprint density at radius 1 is 1.20 bits per heavy atom. The van der Waals surface area contributed by atoms with E-state index in [9.17, 15) is 4.79 Å². The zero-order chi connectivity index (χ0) is 17.6. The summed E-state index contributed by atoms with van der Waals surface area (Å²) in [4.78, 5) is 16.6. The van der Waals surface area contributed by atoms with Crippen molar-refractivity contribution in [3.63, 3.8) is 0 Å². The van der Waals surface area contributed by atoms with Gasteiger partial charge in [-0.15, -0.1) is 0 Å². The van der Waals surface area contributed by atoms with Crippen LogP contribution in [0, 0.1) is 11.8 Å². The Morgan fingerprint density at radius 2 is 1.88 bits per heavy atom. The van der Waals surface area contributed by atoms with Crippen molar-refractivity contribution in [3.05, 3.63) is 42.0 Å². The van der Waals surface area contributed by atoms with Gasteiger partial charge in [0.2, 0.25) is 0 Å². The van der Waals surface area contributed by atoms with Crippen LogP contribution in [-0.2, 0) is 6.54 Å². The van der Waals surface area contributed by atoms with Crippen molar-refractivity contribution in [1.29, 1.82) is 0 Å². The monoisotopic (exact) mass is 343 g/mol. The molecular formula is C20H29N3O2. The summed E-state index contributed by atoms with van der Waals surface area (Å²) in [7, 11) is 4.05. The van der Waals surface area contributed by atoms with Crippen molar-refractivity contribution in [2.24, 2.45) is 11.8 Å². The van der Waals surface area contributed by atoms with Gasteiger partial charge in [-0.25, -0.2) is 4.79 Å². The van der Waals surface area contributed by atoms with E-state index in [4.69, 9.17) is 4.74 Å². The number of fused-ring (bicyclic) bond motifs is 1. The van der Waals surface area contributed by atoms with E-state index in [0.29, 0.717) is 25.0 Å². The van der Waals surface area contributed by atoms with Crippen molar-refractivity contribution in [3.8, 4) is 5.75 Å². The third-order valence-corrected chi connectivity index (χ3v) is 5.11. The van der Waals surface area contributed by atoms with Gasteiger partial charge in [0.1, 0.15) is 12.4 Å². The van der Waals surface area contributed by atoms with E-state index in [1.807, 2.05) is 43.3 Å². The third-order valence-electron chi connectivity index (χ3n) is 5.11. The first kappa shape index (κ1) is 17.8. The Morgan fingerprint density at radius 3 is 2.56 bits per heavy atom. The maximum atomic E-state index is 12.5. The summed E-state index contributed by atoms with van der Waals surface area (Å²) >= 11 is 0. The Hall–Kier alpha value is -2.01. The topological polar surface area (TPSA) is 44.8 Å². The maximum absolute atomic E-state index is 12.5. The average Bonchev–Trinajstić information content (AvgIpc) is 3.04. The molecule has 25 heavy (non-hydrogen) atoms. The minimum atomic E-state index is 0.0393. The Balaban J connectivity index is 1.50. The molecule has 2 atom stereocenters. The van der Waals surface area contributed by atoms with Crippen molar-refractivity contribution in [2.75, 3.05) is 40.3 Å². The lowest BCUT2D eigenvalue weighted by Crippen LogP contribution is -2.38. The number of amides is 2. The molecule has 1 saturated heterocycles. The smallest absolute Gasteiger partial charge is 0.317 e. The molecule has 2 amide bonds. The molecule has 1 heterocycles. The number of benzene rings is 1. The zero-order valence-electron chi connectivity index (χ0n) is 15.3. The van der Waals surface area contributed by atoms with Gasteiger partial charge in [-0.2, -0.15) is 0 Å². The molecule has 1 aliphatic carbocycles. The Kier molecular flexibility index (Phi) is 5.97. The summed E-state index contributed by atoms with van der Waals surface area (Å²) in [6.07, 6.45) is 6.72. The number of rotatable bonds is 6. The first-order valence-corrected chi connectivity index (χ1v) is 9.16. The van der Waals surface area contributed by atoms with Crippen LogP contribution in [0.1, 0.15) is 18.4 Å². The van der Waals surface area contributed by atoms with Crippen LogP contribution in [0.25, 0.3) is 0 Å². The molecule has 0 bridgehead atoms. The van der Waals surface area contributed by atoms with Crippen LogP contribution in [0.5, 0.6) is 5.75 Å². The summed E-state index contributed by atoms with van der Waals surface area (Å²) in [6.45, 7) is 3.76. The first-order valence-electron chi connectivity index (χ1n) is 9.16. The van der Waals surface area contributed by atoms with E-state index in [1.54, 1.807) is 0 Å². The number of carbonyl (C=O) groups excluding carboxylic acids is 1. The van der Waals surface area contributed by atoms with Gasteiger partial charge in [0, 0.05) is 31.7 Å². The lowest BCUT2D eigenvalue weighted by atomic mass is 9.86. The van der Waals surface area contributed by atoms with Crippen LogP contribution >= 0.6 is 0 Å². The second-order valence-electron chi connectivity index (χ2n) is 7.29. The number of urea groups is 1. The molecule has 1 aromatic rings. The highest BCUT2D eigenvalue weighted by atomic mass is 16.5. The molecule has 1 aliphatic heterocycles. The van der Waals surface area contributed by atoms with E-state index in [1.165, 1.54) is 0 Å². The number of nitrogens with zero attached hydrogens (tertiary/aromatic N) is 2. The number of likely N-dealkylation sites (tertiary alicyclic amines) is 1. The number of ether oxygens (including phenoxy) is 1. The molecule has 5 heteroatoms. The summed E-state index contributed by atoms with van der Waals surface area (Å²) in [5.74, 6) is 2.12. The molecule has 0 radical (unpaired) electrons. The highest BCUT2D eigenvalue weighted by molar-refractivity contribution is 5.74. The normalized spacial score (nSPS) is 22.1. The fourth-order valence-electron chi connectivity index (χ4n) is 3.59. The number of likely N-dealkylation sites (N-methyl/N-ethyl adjacent to an activating group) is 1. The fraction of sp³-hybridized carbons (Fsp3) is 0.550. The van der Waals surface area contributed by atoms with Crippen LogP contribution in [0.2, 0.25) is 0 Å². The van der Waals surface area contributed by atoms with E-state index in [-0.39, 0.29) is 6.03 Å². The summed E-state index contributed by atoms with van der Waals surface area (Å²) < 4.78 is 5.87. The van der Waals surface area contributed by atoms with Crippen molar-refractivity contribution >= 4 is 6.03 Å².